The van der Waals surface area contributed by atoms with Crippen LogP contribution in [0.1, 0.15) is 51.9 Å². The Morgan fingerprint density at radius 3 is 2.64 bits per heavy atom. The number of hydrogen-bond donors (Lipinski definition) is 1. The summed E-state index contributed by atoms with van der Waals surface area (Å²) < 4.78 is 0. The van der Waals surface area contributed by atoms with Crippen LogP contribution in [0.15, 0.2) is 0 Å². The van der Waals surface area contributed by atoms with Crippen LogP contribution >= 0.6 is 0 Å². The van der Waals surface area contributed by atoms with Crippen LogP contribution in [0.3, 0.4) is 0 Å². The van der Waals surface area contributed by atoms with Crippen molar-refractivity contribution in [3.63, 3.8) is 0 Å². The highest BCUT2D eigenvalue weighted by Crippen LogP contribution is 2.37. The summed E-state index contributed by atoms with van der Waals surface area (Å²) in [6, 6.07) is 0. The van der Waals surface area contributed by atoms with Gasteiger partial charge in [-0.05, 0) is 50.1 Å². The first-order valence-corrected chi connectivity index (χ1v) is 6.61. The molecule has 1 aliphatic carbocycles. The van der Waals surface area contributed by atoms with Crippen LogP contribution in [0.25, 0.3) is 0 Å². The zero-order valence-corrected chi connectivity index (χ0v) is 9.60. The van der Waals surface area contributed by atoms with E-state index in [1.165, 1.54) is 58.0 Å². The summed E-state index contributed by atoms with van der Waals surface area (Å²) >= 11 is 0. The number of nitrogens with one attached hydrogen (secondary N) is 1. The molecule has 1 heterocycles. The predicted octanol–water partition coefficient (Wildman–Crippen LogP) is 3.20. The van der Waals surface area contributed by atoms with E-state index in [4.69, 9.17) is 0 Å². The van der Waals surface area contributed by atoms with Gasteiger partial charge in [0, 0.05) is 0 Å². The third-order valence-electron chi connectivity index (χ3n) is 4.40. The number of rotatable bonds is 2. The van der Waals surface area contributed by atoms with Crippen molar-refractivity contribution < 1.29 is 0 Å². The second-order valence-corrected chi connectivity index (χ2v) is 5.31. The molecule has 0 aromatic rings. The highest BCUT2D eigenvalue weighted by Gasteiger charge is 2.28. The summed E-state index contributed by atoms with van der Waals surface area (Å²) in [5.41, 5.74) is 0. The Bertz CT molecular complexity index is 161. The van der Waals surface area contributed by atoms with E-state index in [0.29, 0.717) is 0 Å². The van der Waals surface area contributed by atoms with Crippen molar-refractivity contribution >= 4 is 0 Å². The van der Waals surface area contributed by atoms with Crippen LogP contribution in [0.5, 0.6) is 0 Å². The normalized spacial score (nSPS) is 39.6. The summed E-state index contributed by atoms with van der Waals surface area (Å²) in [5.74, 6) is 3.12. The fourth-order valence-electron chi connectivity index (χ4n) is 3.41. The topological polar surface area (TPSA) is 12.0 Å². The van der Waals surface area contributed by atoms with Gasteiger partial charge < -0.3 is 5.32 Å². The highest BCUT2D eigenvalue weighted by atomic mass is 14.9. The van der Waals surface area contributed by atoms with Gasteiger partial charge in [0.15, 0.2) is 0 Å². The summed E-state index contributed by atoms with van der Waals surface area (Å²) in [7, 11) is 0. The third-order valence-corrected chi connectivity index (χ3v) is 4.40. The molecule has 0 radical (unpaired) electrons. The molecule has 0 bridgehead atoms. The molecule has 3 atom stereocenters. The Balaban J connectivity index is 1.83. The van der Waals surface area contributed by atoms with Gasteiger partial charge in [-0.3, -0.25) is 0 Å². The third kappa shape index (κ3) is 2.50. The summed E-state index contributed by atoms with van der Waals surface area (Å²) in [5, 5.41) is 3.56. The zero-order valence-electron chi connectivity index (χ0n) is 9.60. The quantitative estimate of drug-likeness (QED) is 0.713. The Morgan fingerprint density at radius 2 is 1.93 bits per heavy atom. The van der Waals surface area contributed by atoms with Crippen LogP contribution in [0.2, 0.25) is 0 Å². The molecule has 1 saturated carbocycles. The van der Waals surface area contributed by atoms with Crippen LogP contribution in [0.4, 0.5) is 0 Å². The van der Waals surface area contributed by atoms with E-state index in [1.54, 1.807) is 0 Å². The largest absolute Gasteiger partial charge is 0.316 e. The lowest BCUT2D eigenvalue weighted by molar-refractivity contribution is 0.166. The molecule has 1 nitrogen and oxygen atoms in total. The second-order valence-electron chi connectivity index (χ2n) is 5.31. The molecule has 2 aliphatic rings. The van der Waals surface area contributed by atoms with E-state index in [9.17, 15) is 0 Å². The Morgan fingerprint density at radius 1 is 1.07 bits per heavy atom. The Kier molecular flexibility index (Phi) is 3.86. The molecule has 2 rings (SSSR count). The molecule has 3 unspecified atom stereocenters. The molecule has 0 aromatic heterocycles. The van der Waals surface area contributed by atoms with Crippen LogP contribution in [-0.4, -0.2) is 13.1 Å². The van der Waals surface area contributed by atoms with Crippen molar-refractivity contribution in [3.05, 3.63) is 0 Å². The lowest BCUT2D eigenvalue weighted by Gasteiger charge is -2.36. The molecule has 1 N–H and O–H groups in total. The fraction of sp³-hybridized carbons (Fsp3) is 1.00. The second kappa shape index (κ2) is 5.16. The van der Waals surface area contributed by atoms with Crippen molar-refractivity contribution in [2.24, 2.45) is 17.8 Å². The average molecular weight is 195 g/mol. The average Bonchev–Trinajstić information content (AvgIpc) is 2.30. The maximum atomic E-state index is 3.56. The number of piperidine rings is 1. The van der Waals surface area contributed by atoms with Gasteiger partial charge in [-0.25, -0.2) is 0 Å². The van der Waals surface area contributed by atoms with E-state index in [1.807, 2.05) is 0 Å². The highest BCUT2D eigenvalue weighted by molar-refractivity contribution is 4.81. The van der Waals surface area contributed by atoms with Crippen molar-refractivity contribution in [2.45, 2.75) is 51.9 Å². The molecule has 2 fully saturated rings. The molecule has 0 aromatic carbocycles. The van der Waals surface area contributed by atoms with E-state index in [2.05, 4.69) is 12.2 Å². The minimum absolute atomic E-state index is 1.01. The molecule has 14 heavy (non-hydrogen) atoms. The van der Waals surface area contributed by atoms with Crippen molar-refractivity contribution in [3.8, 4) is 0 Å². The van der Waals surface area contributed by atoms with Crippen molar-refractivity contribution in [2.75, 3.05) is 13.1 Å². The minimum atomic E-state index is 1.01. The summed E-state index contributed by atoms with van der Waals surface area (Å²) in [4.78, 5) is 0. The van der Waals surface area contributed by atoms with Gasteiger partial charge in [-0.15, -0.1) is 0 Å². The minimum Gasteiger partial charge on any atom is -0.316 e. The van der Waals surface area contributed by atoms with Gasteiger partial charge in [0.25, 0.3) is 0 Å². The van der Waals surface area contributed by atoms with Gasteiger partial charge >= 0.3 is 0 Å². The van der Waals surface area contributed by atoms with Gasteiger partial charge in [0.2, 0.25) is 0 Å². The monoisotopic (exact) mass is 195 g/mol. The summed E-state index contributed by atoms with van der Waals surface area (Å²) in [6.07, 6.45) is 10.4. The van der Waals surface area contributed by atoms with E-state index in [-0.39, 0.29) is 0 Å². The first-order chi connectivity index (χ1) is 6.90. The van der Waals surface area contributed by atoms with Crippen LogP contribution in [0, 0.1) is 17.8 Å². The smallest absolute Gasteiger partial charge is 0.00179 e. The standard InChI is InChI=1S/C13H25N/c1-2-11-5-3-6-12(9-11)13-7-4-8-14-10-13/h11-14H,2-10H2,1H3. The van der Waals surface area contributed by atoms with Gasteiger partial charge in [0.1, 0.15) is 0 Å². The van der Waals surface area contributed by atoms with Gasteiger partial charge in [0.05, 0.1) is 0 Å². The Hall–Kier alpha value is -0.0400. The molecule has 0 amide bonds. The van der Waals surface area contributed by atoms with Crippen LogP contribution < -0.4 is 5.32 Å². The van der Waals surface area contributed by atoms with Gasteiger partial charge in [-0.1, -0.05) is 32.6 Å². The van der Waals surface area contributed by atoms with E-state index in [0.717, 1.165) is 17.8 Å². The van der Waals surface area contributed by atoms with Crippen molar-refractivity contribution in [1.29, 1.82) is 0 Å². The lowest BCUT2D eigenvalue weighted by Crippen LogP contribution is -2.35. The van der Waals surface area contributed by atoms with Crippen molar-refractivity contribution in [1.82, 2.24) is 5.32 Å². The lowest BCUT2D eigenvalue weighted by atomic mass is 9.72. The molecule has 1 heteroatoms. The molecule has 1 saturated heterocycles. The molecule has 0 spiro atoms. The summed E-state index contributed by atoms with van der Waals surface area (Å²) in [6.45, 7) is 4.94. The maximum Gasteiger partial charge on any atom is -0.00179 e. The van der Waals surface area contributed by atoms with Crippen LogP contribution in [-0.2, 0) is 0 Å². The molecule has 1 aliphatic heterocycles. The molecular formula is C13H25N. The molecular weight excluding hydrogens is 170 g/mol. The zero-order chi connectivity index (χ0) is 9.80. The number of hydrogen-bond acceptors (Lipinski definition) is 1. The first-order valence-electron chi connectivity index (χ1n) is 6.61. The fourth-order valence-corrected chi connectivity index (χ4v) is 3.41. The SMILES string of the molecule is CCC1CCCC(C2CCCNC2)C1. The van der Waals surface area contributed by atoms with E-state index < -0.39 is 0 Å². The van der Waals surface area contributed by atoms with E-state index >= 15 is 0 Å². The Labute approximate surface area is 88.7 Å². The molecule has 82 valence electrons. The maximum absolute atomic E-state index is 3.56. The predicted molar refractivity (Wildman–Crippen MR) is 61.3 cm³/mol. The first kappa shape index (κ1) is 10.5. The van der Waals surface area contributed by atoms with Gasteiger partial charge in [-0.2, -0.15) is 0 Å².